The second-order valence-corrected chi connectivity index (χ2v) is 9.39. The molecule has 12 heteroatoms. The molecule has 0 heterocycles. The molecule has 0 fully saturated rings. The molecule has 0 spiro atoms. The number of hydrogen-bond acceptors (Lipinski definition) is 4. The lowest BCUT2D eigenvalue weighted by Crippen LogP contribution is -2.54. The van der Waals surface area contributed by atoms with Gasteiger partial charge in [-0.1, -0.05) is 12.6 Å². The number of carbonyl (C=O) groups is 1. The fraction of sp³-hybridized carbons (Fsp3) is 0.333. The van der Waals surface area contributed by atoms with E-state index in [1.165, 1.54) is 50.2 Å². The van der Waals surface area contributed by atoms with Crippen LogP contribution < -0.4 is 15.1 Å². The molecule has 0 radical (unpaired) electrons. The second-order valence-electron chi connectivity index (χ2n) is 9.03. The number of alkyl halides is 3. The van der Waals surface area contributed by atoms with E-state index in [1.807, 2.05) is 0 Å². The number of nitrogens with zero attached hydrogens (tertiary/aromatic N) is 4. The molecule has 6 nitrogen and oxygen atoms in total. The van der Waals surface area contributed by atoms with Crippen LogP contribution in [-0.4, -0.2) is 36.9 Å². The molecule has 39 heavy (non-hydrogen) atoms. The summed E-state index contributed by atoms with van der Waals surface area (Å²) in [5.41, 5.74) is -4.05. The van der Waals surface area contributed by atoms with E-state index in [9.17, 15) is 18.0 Å². The zero-order valence-electron chi connectivity index (χ0n) is 21.9. The van der Waals surface area contributed by atoms with E-state index < -0.39 is 40.2 Å². The summed E-state index contributed by atoms with van der Waals surface area (Å²) in [5.74, 6) is -1.59. The van der Waals surface area contributed by atoms with Crippen molar-refractivity contribution < 1.29 is 26.7 Å². The van der Waals surface area contributed by atoms with Gasteiger partial charge in [0.25, 0.3) is 0 Å². The number of aldehydes is 1. The Morgan fingerprint density at radius 3 is 2.41 bits per heavy atom. The summed E-state index contributed by atoms with van der Waals surface area (Å²) < 4.78 is 70.8. The molecule has 0 amide bonds. The van der Waals surface area contributed by atoms with Crippen molar-refractivity contribution in [3.63, 3.8) is 0 Å². The van der Waals surface area contributed by atoms with Gasteiger partial charge < -0.3 is 19.9 Å². The zero-order valence-corrected chi connectivity index (χ0v) is 22.7. The highest BCUT2D eigenvalue weighted by Gasteiger charge is 2.40. The number of halogens is 5. The fourth-order valence-electron chi connectivity index (χ4n) is 3.88. The number of nitriles is 1. The van der Waals surface area contributed by atoms with Gasteiger partial charge >= 0.3 is 6.18 Å². The molecule has 208 valence electrons. The molecule has 1 N–H and O–H groups in total. The molecule has 2 rings (SSSR count). The number of thiocarbonyl (C=S) groups is 1. The van der Waals surface area contributed by atoms with Gasteiger partial charge in [-0.3, -0.25) is 4.99 Å². The maximum Gasteiger partial charge on any atom is 0.420 e. The number of aliphatic imine (C=N–C) groups is 1. The Balaban J connectivity index is 2.46. The maximum absolute atomic E-state index is 15.1. The average Bonchev–Trinajstić information content (AvgIpc) is 2.87. The lowest BCUT2D eigenvalue weighted by atomic mass is 10.0. The topological polar surface area (TPSA) is 71.7 Å². The van der Waals surface area contributed by atoms with Gasteiger partial charge in [0.15, 0.2) is 10.9 Å². The summed E-state index contributed by atoms with van der Waals surface area (Å²) in [6.45, 7) is 6.52. The second kappa shape index (κ2) is 12.8. The Morgan fingerprint density at radius 1 is 1.23 bits per heavy atom. The van der Waals surface area contributed by atoms with Gasteiger partial charge in [0.1, 0.15) is 17.7 Å². The largest absolute Gasteiger partial charge is 0.420 e. The van der Waals surface area contributed by atoms with E-state index >= 15 is 8.78 Å². The Hall–Kier alpha value is -3.85. The quantitative estimate of drug-likeness (QED) is 0.129. The Labute approximate surface area is 229 Å². The van der Waals surface area contributed by atoms with Crippen LogP contribution in [0.3, 0.4) is 0 Å². The molecule has 0 saturated carbocycles. The summed E-state index contributed by atoms with van der Waals surface area (Å²) >= 11 is 5.48. The third kappa shape index (κ3) is 7.17. The third-order valence-electron chi connectivity index (χ3n) is 5.92. The van der Waals surface area contributed by atoms with Crippen LogP contribution >= 0.6 is 12.2 Å². The molecular weight excluding hydrogens is 537 g/mol. The maximum atomic E-state index is 15.1. The van der Waals surface area contributed by atoms with Crippen LogP contribution in [0.5, 0.6) is 0 Å². The monoisotopic (exact) mass is 565 g/mol. The smallest absolute Gasteiger partial charge is 0.351 e. The van der Waals surface area contributed by atoms with Crippen LogP contribution in [0.25, 0.3) is 0 Å². The molecule has 2 aromatic carbocycles. The van der Waals surface area contributed by atoms with Crippen LogP contribution in [0, 0.1) is 23.0 Å². The molecule has 0 aliphatic carbocycles. The predicted octanol–water partition coefficient (Wildman–Crippen LogP) is 6.14. The molecule has 0 aliphatic rings. The lowest BCUT2D eigenvalue weighted by molar-refractivity contribution is -0.140. The van der Waals surface area contributed by atoms with Crippen molar-refractivity contribution in [3.8, 4) is 6.07 Å². The van der Waals surface area contributed by atoms with Crippen molar-refractivity contribution in [3.05, 3.63) is 71.4 Å². The fourth-order valence-corrected chi connectivity index (χ4v) is 4.32. The Morgan fingerprint density at radius 2 is 1.90 bits per heavy atom. The highest BCUT2D eigenvalue weighted by molar-refractivity contribution is 7.80. The first-order valence-corrected chi connectivity index (χ1v) is 12.1. The molecular formula is C27H28F5N5OS. The zero-order chi connectivity index (χ0) is 29.5. The number of hydrogen-bond donors (Lipinski definition) is 1. The van der Waals surface area contributed by atoms with Crippen LogP contribution in [0.4, 0.5) is 33.3 Å². The van der Waals surface area contributed by atoms with Gasteiger partial charge in [-0.15, -0.1) is 0 Å². The highest BCUT2D eigenvalue weighted by Crippen LogP contribution is 2.38. The van der Waals surface area contributed by atoms with E-state index in [0.717, 1.165) is 23.1 Å². The number of anilines is 2. The van der Waals surface area contributed by atoms with Gasteiger partial charge in [-0.25, -0.2) is 8.78 Å². The summed E-state index contributed by atoms with van der Waals surface area (Å²) in [6.07, 6.45) is -1.60. The number of aryl methyl sites for hydroxylation is 1. The first-order valence-electron chi connectivity index (χ1n) is 11.7. The van der Waals surface area contributed by atoms with Crippen LogP contribution in [0.1, 0.15) is 43.4 Å². The van der Waals surface area contributed by atoms with Gasteiger partial charge in [-0.05, 0) is 74.9 Å². The number of benzene rings is 2. The average molecular weight is 566 g/mol. The van der Waals surface area contributed by atoms with Crippen molar-refractivity contribution in [2.45, 2.75) is 44.8 Å². The van der Waals surface area contributed by atoms with E-state index in [-0.39, 0.29) is 10.8 Å². The first-order chi connectivity index (χ1) is 18.2. The van der Waals surface area contributed by atoms with Crippen molar-refractivity contribution >= 4 is 40.8 Å². The number of carbonyl (C=O) groups excluding carboxylic acids is 1. The Kier molecular flexibility index (Phi) is 10.3. The summed E-state index contributed by atoms with van der Waals surface area (Å²) in [4.78, 5) is 18.2. The van der Waals surface area contributed by atoms with Crippen molar-refractivity contribution in [1.82, 2.24) is 5.32 Å². The minimum absolute atomic E-state index is 0.138. The van der Waals surface area contributed by atoms with Crippen molar-refractivity contribution in [2.24, 2.45) is 4.99 Å². The molecule has 0 bridgehead atoms. The highest BCUT2D eigenvalue weighted by atomic mass is 32.1. The van der Waals surface area contributed by atoms with E-state index in [0.29, 0.717) is 36.9 Å². The van der Waals surface area contributed by atoms with Gasteiger partial charge in [0, 0.05) is 26.2 Å². The minimum Gasteiger partial charge on any atom is -0.351 e. The van der Waals surface area contributed by atoms with Gasteiger partial charge in [0.05, 0.1) is 28.7 Å². The third-order valence-corrected chi connectivity index (χ3v) is 6.38. The van der Waals surface area contributed by atoms with Crippen LogP contribution in [-0.2, 0) is 17.4 Å². The number of rotatable bonds is 9. The molecule has 0 atom stereocenters. The predicted molar refractivity (Wildman–Crippen MR) is 146 cm³/mol. The van der Waals surface area contributed by atoms with Crippen molar-refractivity contribution in [1.29, 1.82) is 5.26 Å². The van der Waals surface area contributed by atoms with E-state index in [2.05, 4.69) is 16.9 Å². The lowest BCUT2D eigenvalue weighted by Gasteiger charge is -2.40. The normalized spacial score (nSPS) is 11.9. The SMILES string of the molecule is C=CNC(CCCc1ccc(N(C(=S)N(C)c2ccc(C#N)c(C(F)(F)F)c2F)C(C)(C)C=O)cc1F)=NC. The number of nitrogens with one attached hydrogen (secondary N) is 1. The van der Waals surface area contributed by atoms with Crippen molar-refractivity contribution in [2.75, 3.05) is 23.9 Å². The summed E-state index contributed by atoms with van der Waals surface area (Å²) in [6, 6.07) is 7.37. The molecule has 2 aromatic rings. The van der Waals surface area contributed by atoms with Crippen LogP contribution in [0.2, 0.25) is 0 Å². The van der Waals surface area contributed by atoms with Gasteiger partial charge in [0.2, 0.25) is 0 Å². The van der Waals surface area contributed by atoms with Crippen LogP contribution in [0.15, 0.2) is 48.1 Å². The summed E-state index contributed by atoms with van der Waals surface area (Å²) in [5, 5.41) is 11.7. The first kappa shape index (κ1) is 31.4. The molecule has 0 unspecified atom stereocenters. The molecule has 0 aromatic heterocycles. The molecule has 0 saturated heterocycles. The Bertz CT molecular complexity index is 1320. The van der Waals surface area contributed by atoms with Gasteiger partial charge in [-0.2, -0.15) is 18.4 Å². The van der Waals surface area contributed by atoms with E-state index in [4.69, 9.17) is 17.5 Å². The minimum atomic E-state index is -5.14. The van der Waals surface area contributed by atoms with E-state index in [1.54, 1.807) is 7.05 Å². The number of amidine groups is 1. The summed E-state index contributed by atoms with van der Waals surface area (Å²) in [7, 11) is 2.84. The molecule has 0 aliphatic heterocycles. The standard InChI is InChI=1S/C27H28F5N5OS/c1-6-35-22(34-4)9-7-8-17-10-12-19(14-20(17)28)37(26(2,3)16-38)25(39)36(5)21-13-11-18(15-33)23(24(21)29)27(30,31)32/h6,10-14,16H,1,7-9H2,2-5H3,(H,34,35).